The molecule has 1 saturated heterocycles. The number of esters is 2. The molecule has 1 rings (SSSR count). The molecule has 0 N–H and O–H groups in total. The Morgan fingerprint density at radius 3 is 2.21 bits per heavy atom. The van der Waals surface area contributed by atoms with E-state index < -0.39 is 18.2 Å². The topological polar surface area (TPSA) is 65.1 Å². The van der Waals surface area contributed by atoms with Crippen LogP contribution in [0.1, 0.15) is 26.7 Å². The van der Waals surface area contributed by atoms with E-state index >= 15 is 0 Å². The molecule has 1 aliphatic rings. The van der Waals surface area contributed by atoms with Crippen LogP contribution in [0, 0.1) is 0 Å². The minimum Gasteiger partial charge on any atom is -0.425 e. The zero-order valence-electron chi connectivity index (χ0n) is 8.32. The number of rotatable bonds is 5. The second-order valence-corrected chi connectivity index (χ2v) is 3.18. The average molecular weight is 202 g/mol. The molecule has 0 aliphatic carbocycles. The van der Waals surface area contributed by atoms with Gasteiger partial charge in [0.15, 0.2) is 0 Å². The Labute approximate surface area is 82.3 Å². The Morgan fingerprint density at radius 1 is 1.36 bits per heavy atom. The van der Waals surface area contributed by atoms with Crippen LogP contribution in [0.4, 0.5) is 0 Å². The summed E-state index contributed by atoms with van der Waals surface area (Å²) in [4.78, 5) is 21.3. The number of carbonyl (C=O) groups is 2. The summed E-state index contributed by atoms with van der Waals surface area (Å²) in [5.74, 6) is -0.902. The van der Waals surface area contributed by atoms with Crippen molar-refractivity contribution in [2.75, 3.05) is 6.61 Å². The van der Waals surface area contributed by atoms with Crippen molar-refractivity contribution in [1.29, 1.82) is 0 Å². The molecule has 1 atom stereocenters. The molecular formula is C9H14O5. The van der Waals surface area contributed by atoms with E-state index in [0.29, 0.717) is 6.42 Å². The van der Waals surface area contributed by atoms with Crippen molar-refractivity contribution in [2.24, 2.45) is 0 Å². The molecule has 0 amide bonds. The maximum atomic E-state index is 10.7. The largest absolute Gasteiger partial charge is 0.425 e. The van der Waals surface area contributed by atoms with E-state index in [-0.39, 0.29) is 6.10 Å². The number of hydrogen-bond donors (Lipinski definition) is 0. The molecule has 5 nitrogen and oxygen atoms in total. The highest BCUT2D eigenvalue weighted by Crippen LogP contribution is 2.18. The van der Waals surface area contributed by atoms with Crippen molar-refractivity contribution in [2.45, 2.75) is 39.1 Å². The van der Waals surface area contributed by atoms with Crippen LogP contribution in [-0.2, 0) is 23.8 Å². The molecule has 5 heteroatoms. The van der Waals surface area contributed by atoms with Crippen molar-refractivity contribution in [3.8, 4) is 0 Å². The van der Waals surface area contributed by atoms with Crippen LogP contribution < -0.4 is 0 Å². The molecule has 0 aromatic carbocycles. The maximum absolute atomic E-state index is 10.7. The van der Waals surface area contributed by atoms with Crippen molar-refractivity contribution in [3.05, 3.63) is 0 Å². The summed E-state index contributed by atoms with van der Waals surface area (Å²) < 4.78 is 14.6. The van der Waals surface area contributed by atoms with Gasteiger partial charge in [-0.2, -0.15) is 0 Å². The molecule has 0 aromatic rings. The van der Waals surface area contributed by atoms with Crippen LogP contribution in [0.5, 0.6) is 0 Å². The first kappa shape index (κ1) is 11.0. The fourth-order valence-electron chi connectivity index (χ4n) is 1.07. The SMILES string of the molecule is CC(=O)OC(CCC1CO1)OC(C)=O. The molecule has 0 saturated carbocycles. The summed E-state index contributed by atoms with van der Waals surface area (Å²) in [5, 5.41) is 0. The number of hydrogen-bond acceptors (Lipinski definition) is 5. The number of ether oxygens (including phenoxy) is 3. The van der Waals surface area contributed by atoms with Gasteiger partial charge in [-0.3, -0.25) is 9.59 Å². The van der Waals surface area contributed by atoms with Crippen LogP contribution in [0.2, 0.25) is 0 Å². The first-order chi connectivity index (χ1) is 6.58. The van der Waals surface area contributed by atoms with Crippen molar-refractivity contribution < 1.29 is 23.8 Å². The van der Waals surface area contributed by atoms with E-state index in [4.69, 9.17) is 14.2 Å². The average Bonchev–Trinajstić information content (AvgIpc) is 2.80. The summed E-state index contributed by atoms with van der Waals surface area (Å²) >= 11 is 0. The van der Waals surface area contributed by atoms with Gasteiger partial charge in [0.25, 0.3) is 0 Å². The van der Waals surface area contributed by atoms with Gasteiger partial charge in [0.1, 0.15) is 0 Å². The third-order valence-corrected chi connectivity index (χ3v) is 1.72. The summed E-state index contributed by atoms with van der Waals surface area (Å²) in [6.45, 7) is 3.31. The molecule has 80 valence electrons. The highest BCUT2D eigenvalue weighted by Gasteiger charge is 2.25. The van der Waals surface area contributed by atoms with Crippen LogP contribution in [0.15, 0.2) is 0 Å². The van der Waals surface area contributed by atoms with Gasteiger partial charge in [-0.1, -0.05) is 0 Å². The molecule has 14 heavy (non-hydrogen) atoms. The van der Waals surface area contributed by atoms with Crippen molar-refractivity contribution in [1.82, 2.24) is 0 Å². The molecule has 0 bridgehead atoms. The minimum absolute atomic E-state index is 0.239. The lowest BCUT2D eigenvalue weighted by Gasteiger charge is -2.15. The van der Waals surface area contributed by atoms with Crippen LogP contribution >= 0.6 is 0 Å². The van der Waals surface area contributed by atoms with Gasteiger partial charge in [-0.15, -0.1) is 0 Å². The summed E-state index contributed by atoms with van der Waals surface area (Å²) in [5.41, 5.74) is 0. The second-order valence-electron chi connectivity index (χ2n) is 3.18. The first-order valence-electron chi connectivity index (χ1n) is 4.54. The standard InChI is InChI=1S/C9H14O5/c1-6(10)13-9(14-7(2)11)4-3-8-5-12-8/h8-9H,3-5H2,1-2H3. The number of carbonyl (C=O) groups excluding carboxylic acids is 2. The third-order valence-electron chi connectivity index (χ3n) is 1.72. The third kappa shape index (κ3) is 4.81. The van der Waals surface area contributed by atoms with Crippen molar-refractivity contribution >= 4 is 11.9 Å². The molecule has 0 radical (unpaired) electrons. The van der Waals surface area contributed by atoms with Crippen LogP contribution in [-0.4, -0.2) is 30.9 Å². The highest BCUT2D eigenvalue weighted by molar-refractivity contribution is 5.68. The predicted molar refractivity (Wildman–Crippen MR) is 46.3 cm³/mol. The lowest BCUT2D eigenvalue weighted by Crippen LogP contribution is -2.22. The lowest BCUT2D eigenvalue weighted by molar-refractivity contribution is -0.186. The summed E-state index contributed by atoms with van der Waals surface area (Å²) in [6, 6.07) is 0. The molecule has 0 aromatic heterocycles. The Balaban J connectivity index is 2.25. The minimum atomic E-state index is -0.769. The van der Waals surface area contributed by atoms with Gasteiger partial charge in [-0.25, -0.2) is 0 Å². The zero-order valence-corrected chi connectivity index (χ0v) is 8.32. The molecule has 1 heterocycles. The predicted octanol–water partition coefficient (Wildman–Crippen LogP) is 0.618. The summed E-state index contributed by atoms with van der Waals surface area (Å²) in [6.07, 6.45) is 0.701. The Kier molecular flexibility index (Phi) is 3.88. The van der Waals surface area contributed by atoms with E-state index in [2.05, 4.69) is 0 Å². The van der Waals surface area contributed by atoms with Gasteiger partial charge in [-0.05, 0) is 6.42 Å². The zero-order chi connectivity index (χ0) is 10.6. The van der Waals surface area contributed by atoms with E-state index in [0.717, 1.165) is 13.0 Å². The molecule has 0 spiro atoms. The fraction of sp³-hybridized carbons (Fsp3) is 0.778. The van der Waals surface area contributed by atoms with Gasteiger partial charge in [0.2, 0.25) is 6.29 Å². The maximum Gasteiger partial charge on any atom is 0.305 e. The van der Waals surface area contributed by atoms with E-state index in [1.54, 1.807) is 0 Å². The van der Waals surface area contributed by atoms with Crippen molar-refractivity contribution in [3.63, 3.8) is 0 Å². The van der Waals surface area contributed by atoms with Crippen LogP contribution in [0.25, 0.3) is 0 Å². The summed E-state index contributed by atoms with van der Waals surface area (Å²) in [7, 11) is 0. The van der Waals surface area contributed by atoms with Gasteiger partial charge < -0.3 is 14.2 Å². The Bertz CT molecular complexity index is 205. The smallest absolute Gasteiger partial charge is 0.305 e. The van der Waals surface area contributed by atoms with Gasteiger partial charge in [0.05, 0.1) is 12.7 Å². The van der Waals surface area contributed by atoms with Gasteiger partial charge in [0, 0.05) is 20.3 Å². The molecular weight excluding hydrogens is 188 g/mol. The number of epoxide rings is 1. The normalized spacial score (nSPS) is 19.2. The Hall–Kier alpha value is -1.10. The lowest BCUT2D eigenvalue weighted by atomic mass is 10.2. The highest BCUT2D eigenvalue weighted by atomic mass is 16.7. The molecule has 1 unspecified atom stereocenters. The fourth-order valence-corrected chi connectivity index (χ4v) is 1.07. The quantitative estimate of drug-likeness (QED) is 0.371. The first-order valence-corrected chi connectivity index (χ1v) is 4.54. The molecule has 1 fully saturated rings. The molecule has 1 aliphatic heterocycles. The van der Waals surface area contributed by atoms with E-state index in [9.17, 15) is 9.59 Å². The van der Waals surface area contributed by atoms with Gasteiger partial charge >= 0.3 is 11.9 Å². The van der Waals surface area contributed by atoms with Crippen LogP contribution in [0.3, 0.4) is 0 Å². The monoisotopic (exact) mass is 202 g/mol. The Morgan fingerprint density at radius 2 is 1.86 bits per heavy atom. The van der Waals surface area contributed by atoms with E-state index in [1.165, 1.54) is 13.8 Å². The van der Waals surface area contributed by atoms with E-state index in [1.807, 2.05) is 0 Å². The second kappa shape index (κ2) is 4.95.